The number of carbonyl (C=O) groups excluding carboxylic acids is 2. The van der Waals surface area contributed by atoms with Crippen molar-refractivity contribution in [2.45, 2.75) is 38.5 Å². The molecular weight excluding hydrogens is 267 g/mol. The second-order valence-corrected chi connectivity index (χ2v) is 6.13. The molecule has 2 saturated carbocycles. The predicted octanol–water partition coefficient (Wildman–Crippen LogP) is 0.580. The van der Waals surface area contributed by atoms with Crippen LogP contribution in [0.4, 0.5) is 0 Å². The Morgan fingerprint density at radius 3 is 2.29 bits per heavy atom. The van der Waals surface area contributed by atoms with Gasteiger partial charge in [-0.15, -0.1) is 0 Å². The van der Waals surface area contributed by atoms with Crippen LogP contribution in [0.2, 0.25) is 0 Å². The lowest BCUT2D eigenvalue weighted by Crippen LogP contribution is -2.37. The molecule has 4 nitrogen and oxygen atoms in total. The molecule has 5 heteroatoms. The highest BCUT2D eigenvalue weighted by molar-refractivity contribution is 6.58. The topological polar surface area (TPSA) is 74.6 Å². The molecule has 2 fully saturated rings. The van der Waals surface area contributed by atoms with E-state index in [1.807, 2.05) is 6.92 Å². The molecule has 2 aliphatic carbocycles. The maximum atomic E-state index is 12.6. The molecule has 0 spiro atoms. The van der Waals surface area contributed by atoms with Crippen LogP contribution in [0.1, 0.15) is 43.2 Å². The van der Waals surface area contributed by atoms with Crippen LogP contribution in [0.5, 0.6) is 0 Å². The van der Waals surface area contributed by atoms with Crippen LogP contribution in [-0.2, 0) is 16.0 Å². The summed E-state index contributed by atoms with van der Waals surface area (Å²) in [5, 5.41) is 18.7. The van der Waals surface area contributed by atoms with E-state index in [9.17, 15) is 19.6 Å². The lowest BCUT2D eigenvalue weighted by molar-refractivity contribution is -0.135. The molecule has 110 valence electrons. The summed E-state index contributed by atoms with van der Waals surface area (Å²) < 4.78 is 0. The first-order chi connectivity index (χ1) is 10.0. The Bertz CT molecular complexity index is 574. The first kappa shape index (κ1) is 14.5. The zero-order valence-corrected chi connectivity index (χ0v) is 12.1. The van der Waals surface area contributed by atoms with Crippen LogP contribution in [0.15, 0.2) is 18.2 Å². The molecule has 2 aliphatic rings. The van der Waals surface area contributed by atoms with E-state index in [1.54, 1.807) is 18.2 Å². The summed E-state index contributed by atoms with van der Waals surface area (Å²) >= 11 is 0. The number of aryl methyl sites for hydroxylation is 1. The molecule has 2 bridgehead atoms. The first-order valence-corrected chi connectivity index (χ1v) is 7.59. The smallest absolute Gasteiger partial charge is 0.423 e. The fraction of sp³-hybridized carbons (Fsp3) is 0.500. The minimum absolute atomic E-state index is 0.00473. The highest BCUT2D eigenvalue weighted by atomic mass is 16.4. The van der Waals surface area contributed by atoms with E-state index in [0.717, 1.165) is 18.4 Å². The van der Waals surface area contributed by atoms with Crippen molar-refractivity contribution in [3.05, 3.63) is 29.3 Å². The van der Waals surface area contributed by atoms with Crippen molar-refractivity contribution >= 4 is 24.1 Å². The van der Waals surface area contributed by atoms with Gasteiger partial charge in [-0.2, -0.15) is 0 Å². The van der Waals surface area contributed by atoms with Gasteiger partial charge in [0.2, 0.25) is 0 Å². The molecule has 0 heterocycles. The molecule has 0 radical (unpaired) electrons. The molecule has 21 heavy (non-hydrogen) atoms. The van der Waals surface area contributed by atoms with Gasteiger partial charge in [0.05, 0.1) is 0 Å². The number of fused-ring (bicyclic) bond motifs is 2. The molecule has 1 aromatic rings. The van der Waals surface area contributed by atoms with Crippen molar-refractivity contribution in [1.29, 1.82) is 0 Å². The molecular formula is C16H19BO4. The van der Waals surface area contributed by atoms with Gasteiger partial charge in [-0.1, -0.05) is 25.1 Å². The van der Waals surface area contributed by atoms with Crippen molar-refractivity contribution in [1.82, 2.24) is 0 Å². The van der Waals surface area contributed by atoms with E-state index < -0.39 is 13.0 Å². The van der Waals surface area contributed by atoms with Gasteiger partial charge in [0.15, 0.2) is 11.6 Å². The number of ketones is 2. The first-order valence-electron chi connectivity index (χ1n) is 7.59. The molecule has 0 amide bonds. The Labute approximate surface area is 124 Å². The maximum Gasteiger partial charge on any atom is 0.488 e. The van der Waals surface area contributed by atoms with Crippen molar-refractivity contribution < 1.29 is 19.6 Å². The monoisotopic (exact) mass is 286 g/mol. The zero-order chi connectivity index (χ0) is 15.1. The second kappa shape index (κ2) is 5.39. The molecule has 3 rings (SSSR count). The van der Waals surface area contributed by atoms with Gasteiger partial charge in [0.1, 0.15) is 5.92 Å². The van der Waals surface area contributed by atoms with E-state index in [4.69, 9.17) is 0 Å². The average Bonchev–Trinajstić information content (AvgIpc) is 2.92. The van der Waals surface area contributed by atoms with Crippen molar-refractivity contribution in [3.8, 4) is 0 Å². The zero-order valence-electron chi connectivity index (χ0n) is 12.1. The van der Waals surface area contributed by atoms with Crippen LogP contribution in [0.25, 0.3) is 0 Å². The molecule has 0 aromatic heterocycles. The largest absolute Gasteiger partial charge is 0.488 e. The number of hydrogen-bond donors (Lipinski definition) is 2. The van der Waals surface area contributed by atoms with E-state index in [0.29, 0.717) is 23.9 Å². The predicted molar refractivity (Wildman–Crippen MR) is 79.2 cm³/mol. The summed E-state index contributed by atoms with van der Waals surface area (Å²) in [6.45, 7) is 1.97. The number of carbonyl (C=O) groups is 2. The van der Waals surface area contributed by atoms with Crippen molar-refractivity contribution in [2.24, 2.45) is 11.8 Å². The number of rotatable bonds is 3. The minimum Gasteiger partial charge on any atom is -0.423 e. The van der Waals surface area contributed by atoms with Gasteiger partial charge in [-0.3, -0.25) is 9.59 Å². The van der Waals surface area contributed by atoms with Crippen LogP contribution >= 0.6 is 0 Å². The van der Waals surface area contributed by atoms with Crippen molar-refractivity contribution in [3.63, 3.8) is 0 Å². The maximum absolute atomic E-state index is 12.6. The standard InChI is InChI=1S/C16H19BO4/c1-2-9-5-6-12(17(20)21)8-13(9)14-15(18)10-3-4-11(7-10)16(14)19/h5-6,8,10-11,14,20-21H,2-4,7H2,1H3. The summed E-state index contributed by atoms with van der Waals surface area (Å²) in [7, 11) is -1.58. The Kier molecular flexibility index (Phi) is 3.72. The normalized spacial score (nSPS) is 28.0. The van der Waals surface area contributed by atoms with E-state index in [2.05, 4.69) is 0 Å². The van der Waals surface area contributed by atoms with Gasteiger partial charge in [-0.25, -0.2) is 0 Å². The van der Waals surface area contributed by atoms with Crippen LogP contribution < -0.4 is 5.46 Å². The Morgan fingerprint density at radius 1 is 1.14 bits per heavy atom. The Balaban J connectivity index is 2.07. The Morgan fingerprint density at radius 2 is 1.76 bits per heavy atom. The molecule has 0 saturated heterocycles. The SMILES string of the molecule is CCc1ccc(B(O)O)cc1C1C(=O)C2CCC(C2)C1=O. The number of hydrogen-bond acceptors (Lipinski definition) is 4. The molecule has 2 N–H and O–H groups in total. The number of benzene rings is 1. The number of Topliss-reactive ketones (excluding diaryl/α,β-unsaturated/α-hetero) is 2. The highest BCUT2D eigenvalue weighted by Gasteiger charge is 2.47. The minimum atomic E-state index is -1.58. The van der Waals surface area contributed by atoms with Crippen LogP contribution in [0.3, 0.4) is 0 Å². The summed E-state index contributed by atoms with van der Waals surface area (Å²) in [6.07, 6.45) is 3.05. The van der Waals surface area contributed by atoms with Crippen LogP contribution in [0, 0.1) is 11.8 Å². The molecule has 1 aromatic carbocycles. The van der Waals surface area contributed by atoms with E-state index in [1.165, 1.54) is 0 Å². The summed E-state index contributed by atoms with van der Waals surface area (Å²) in [6, 6.07) is 5.05. The summed E-state index contributed by atoms with van der Waals surface area (Å²) in [5.74, 6) is -0.652. The quantitative estimate of drug-likeness (QED) is 0.629. The van der Waals surface area contributed by atoms with Gasteiger partial charge in [0.25, 0.3) is 0 Å². The third kappa shape index (κ3) is 2.34. The van der Waals surface area contributed by atoms with Gasteiger partial charge in [0, 0.05) is 11.8 Å². The van der Waals surface area contributed by atoms with Gasteiger partial charge < -0.3 is 10.0 Å². The molecule has 2 atom stereocenters. The second-order valence-electron chi connectivity index (χ2n) is 6.13. The van der Waals surface area contributed by atoms with Crippen LogP contribution in [-0.4, -0.2) is 28.7 Å². The average molecular weight is 286 g/mol. The summed E-state index contributed by atoms with van der Waals surface area (Å²) in [5.41, 5.74) is 1.95. The third-order valence-corrected chi connectivity index (χ3v) is 4.97. The summed E-state index contributed by atoms with van der Waals surface area (Å²) in [4.78, 5) is 25.2. The fourth-order valence-electron chi connectivity index (χ4n) is 3.78. The highest BCUT2D eigenvalue weighted by Crippen LogP contribution is 2.44. The van der Waals surface area contributed by atoms with Gasteiger partial charge >= 0.3 is 7.12 Å². The van der Waals surface area contributed by atoms with Crippen molar-refractivity contribution in [2.75, 3.05) is 0 Å². The molecule has 2 unspecified atom stereocenters. The van der Waals surface area contributed by atoms with E-state index >= 15 is 0 Å². The fourth-order valence-corrected chi connectivity index (χ4v) is 3.78. The Hall–Kier alpha value is -1.46. The van der Waals surface area contributed by atoms with E-state index in [-0.39, 0.29) is 23.4 Å². The lowest BCUT2D eigenvalue weighted by Gasteiger charge is -2.27. The lowest BCUT2D eigenvalue weighted by atomic mass is 9.71. The molecule has 0 aliphatic heterocycles. The van der Waals surface area contributed by atoms with Gasteiger partial charge in [-0.05, 0) is 42.3 Å². The third-order valence-electron chi connectivity index (χ3n) is 4.97.